The third kappa shape index (κ3) is 3.68. The van der Waals surface area contributed by atoms with Gasteiger partial charge in [0.25, 0.3) is 0 Å². The Bertz CT molecular complexity index is 653. The van der Waals surface area contributed by atoms with Gasteiger partial charge in [0.2, 0.25) is 0 Å². The summed E-state index contributed by atoms with van der Waals surface area (Å²) < 4.78 is 37.3. The molecule has 0 heterocycles. The highest BCUT2D eigenvalue weighted by atomic mass is 35.5. The van der Waals surface area contributed by atoms with Crippen LogP contribution in [0.1, 0.15) is 17.3 Å². The lowest BCUT2D eigenvalue weighted by Gasteiger charge is -2.07. The van der Waals surface area contributed by atoms with Crippen LogP contribution in [0.4, 0.5) is 4.39 Å². The van der Waals surface area contributed by atoms with Crippen molar-refractivity contribution < 1.29 is 22.7 Å². The molecular formula is C11H9Cl2FO4S. The molecule has 0 aromatic heterocycles. The van der Waals surface area contributed by atoms with E-state index in [1.54, 1.807) is 0 Å². The molecule has 1 N–H and O–H groups in total. The average Bonchev–Trinajstić information content (AvgIpc) is 2.31. The van der Waals surface area contributed by atoms with Gasteiger partial charge in [0.1, 0.15) is 5.82 Å². The van der Waals surface area contributed by atoms with Crippen molar-refractivity contribution in [3.8, 4) is 0 Å². The van der Waals surface area contributed by atoms with E-state index in [1.165, 1.54) is 6.92 Å². The number of carboxylic acids is 1. The van der Waals surface area contributed by atoms with Gasteiger partial charge in [-0.25, -0.2) is 17.6 Å². The SMILES string of the molecule is C/C(=C/Cl)CS(=O)(=O)c1cc(F)c(Cl)c(C(=O)O)c1. The molecule has 1 aromatic rings. The minimum atomic E-state index is -3.88. The summed E-state index contributed by atoms with van der Waals surface area (Å²) in [5.41, 5.74) is 0.823. The zero-order valence-corrected chi connectivity index (χ0v) is 12.0. The van der Waals surface area contributed by atoms with E-state index >= 15 is 0 Å². The Labute approximate surface area is 119 Å². The van der Waals surface area contributed by atoms with E-state index in [2.05, 4.69) is 0 Å². The van der Waals surface area contributed by atoms with E-state index in [1.807, 2.05) is 0 Å². The number of carbonyl (C=O) groups is 1. The lowest BCUT2D eigenvalue weighted by Crippen LogP contribution is -2.10. The van der Waals surface area contributed by atoms with Gasteiger partial charge in [-0.2, -0.15) is 0 Å². The molecule has 4 nitrogen and oxygen atoms in total. The Balaban J connectivity index is 3.41. The van der Waals surface area contributed by atoms with E-state index < -0.39 is 42.9 Å². The fourth-order valence-corrected chi connectivity index (χ4v) is 3.10. The maximum atomic E-state index is 13.4. The van der Waals surface area contributed by atoms with Gasteiger partial charge >= 0.3 is 5.97 Å². The van der Waals surface area contributed by atoms with Crippen LogP contribution >= 0.6 is 23.2 Å². The summed E-state index contributed by atoms with van der Waals surface area (Å²) in [4.78, 5) is 10.4. The molecule has 19 heavy (non-hydrogen) atoms. The Morgan fingerprint density at radius 3 is 2.53 bits per heavy atom. The first-order chi connectivity index (χ1) is 8.69. The van der Waals surface area contributed by atoms with Gasteiger partial charge in [-0.3, -0.25) is 0 Å². The topological polar surface area (TPSA) is 71.4 Å². The Hall–Kier alpha value is -1.11. The summed E-state index contributed by atoms with van der Waals surface area (Å²) in [6, 6.07) is 1.51. The van der Waals surface area contributed by atoms with Crippen LogP contribution in [0.5, 0.6) is 0 Å². The fourth-order valence-electron chi connectivity index (χ4n) is 1.31. The number of rotatable bonds is 4. The quantitative estimate of drug-likeness (QED) is 0.922. The van der Waals surface area contributed by atoms with Crippen molar-refractivity contribution in [1.82, 2.24) is 0 Å². The van der Waals surface area contributed by atoms with E-state index in [0.29, 0.717) is 11.6 Å². The molecular weight excluding hydrogens is 318 g/mol. The van der Waals surface area contributed by atoms with Crippen molar-refractivity contribution >= 4 is 39.0 Å². The monoisotopic (exact) mass is 326 g/mol. The molecule has 0 unspecified atom stereocenters. The zero-order valence-electron chi connectivity index (χ0n) is 9.65. The van der Waals surface area contributed by atoms with E-state index in [-0.39, 0.29) is 0 Å². The molecule has 0 fully saturated rings. The number of carboxylic acid groups (broad SMARTS) is 1. The summed E-state index contributed by atoms with van der Waals surface area (Å²) in [5.74, 6) is -3.05. The largest absolute Gasteiger partial charge is 0.478 e. The van der Waals surface area contributed by atoms with Crippen LogP contribution in [0.2, 0.25) is 5.02 Å². The highest BCUT2D eigenvalue weighted by Gasteiger charge is 2.22. The Morgan fingerprint density at radius 2 is 2.05 bits per heavy atom. The molecule has 0 atom stereocenters. The molecule has 1 rings (SSSR count). The summed E-state index contributed by atoms with van der Waals surface area (Å²) in [6.45, 7) is 1.48. The van der Waals surface area contributed by atoms with Crippen molar-refractivity contribution in [3.05, 3.63) is 39.6 Å². The van der Waals surface area contributed by atoms with Gasteiger partial charge in [-0.05, 0) is 24.6 Å². The molecule has 0 bridgehead atoms. The second-order valence-corrected chi connectivity index (χ2v) is 6.37. The van der Waals surface area contributed by atoms with Crippen molar-refractivity contribution in [2.75, 3.05) is 5.75 Å². The lowest BCUT2D eigenvalue weighted by molar-refractivity contribution is 0.0696. The van der Waals surface area contributed by atoms with Gasteiger partial charge in [-0.15, -0.1) is 0 Å². The summed E-state index contributed by atoms with van der Waals surface area (Å²) in [5, 5.41) is 8.20. The van der Waals surface area contributed by atoms with Crippen molar-refractivity contribution in [1.29, 1.82) is 0 Å². The predicted octanol–water partition coefficient (Wildman–Crippen LogP) is 3.09. The standard InChI is InChI=1S/C11H9Cl2FO4S/c1-6(4-12)5-19(17,18)7-2-8(11(15)16)10(13)9(14)3-7/h2-4H,5H2,1H3,(H,15,16)/b6-4-. The molecule has 0 saturated carbocycles. The van der Waals surface area contributed by atoms with E-state index in [9.17, 15) is 17.6 Å². The molecule has 0 saturated heterocycles. The van der Waals surface area contributed by atoms with Crippen LogP contribution in [-0.4, -0.2) is 25.2 Å². The molecule has 0 aliphatic heterocycles. The zero-order chi connectivity index (χ0) is 14.8. The Morgan fingerprint density at radius 1 is 1.47 bits per heavy atom. The molecule has 0 aliphatic carbocycles. The number of hydrogen-bond donors (Lipinski definition) is 1. The molecule has 0 amide bonds. The number of halogens is 3. The molecule has 8 heteroatoms. The van der Waals surface area contributed by atoms with Crippen LogP contribution in [0.25, 0.3) is 0 Å². The van der Waals surface area contributed by atoms with Gasteiger partial charge in [-0.1, -0.05) is 23.2 Å². The highest BCUT2D eigenvalue weighted by Crippen LogP contribution is 2.25. The first kappa shape index (κ1) is 15.9. The third-order valence-electron chi connectivity index (χ3n) is 2.20. The van der Waals surface area contributed by atoms with Crippen molar-refractivity contribution in [2.24, 2.45) is 0 Å². The average molecular weight is 327 g/mol. The van der Waals surface area contributed by atoms with Crippen LogP contribution in [0.3, 0.4) is 0 Å². The summed E-state index contributed by atoms with van der Waals surface area (Å²) in [6.07, 6.45) is 0. The van der Waals surface area contributed by atoms with Gasteiger partial charge in [0.15, 0.2) is 9.84 Å². The van der Waals surface area contributed by atoms with Crippen molar-refractivity contribution in [3.63, 3.8) is 0 Å². The number of sulfone groups is 1. The maximum Gasteiger partial charge on any atom is 0.337 e. The minimum Gasteiger partial charge on any atom is -0.478 e. The fraction of sp³-hybridized carbons (Fsp3) is 0.182. The van der Waals surface area contributed by atoms with Gasteiger partial charge in [0, 0.05) is 5.54 Å². The van der Waals surface area contributed by atoms with E-state index in [4.69, 9.17) is 28.3 Å². The highest BCUT2D eigenvalue weighted by molar-refractivity contribution is 7.91. The van der Waals surface area contributed by atoms with E-state index in [0.717, 1.165) is 11.6 Å². The normalized spacial score (nSPS) is 12.5. The first-order valence-corrected chi connectivity index (χ1v) is 7.36. The van der Waals surface area contributed by atoms with Crippen molar-refractivity contribution in [2.45, 2.75) is 11.8 Å². The second kappa shape index (κ2) is 5.90. The smallest absolute Gasteiger partial charge is 0.337 e. The number of benzene rings is 1. The van der Waals surface area contributed by atoms with Gasteiger partial charge in [0.05, 0.1) is 21.2 Å². The molecule has 0 spiro atoms. The maximum absolute atomic E-state index is 13.4. The third-order valence-corrected chi connectivity index (χ3v) is 4.74. The Kier molecular flexibility index (Phi) is 4.95. The van der Waals surface area contributed by atoms with Crippen LogP contribution in [-0.2, 0) is 9.84 Å². The van der Waals surface area contributed by atoms with Crippen LogP contribution in [0.15, 0.2) is 28.1 Å². The van der Waals surface area contributed by atoms with Crippen LogP contribution < -0.4 is 0 Å². The minimum absolute atomic E-state index is 0.342. The summed E-state index contributed by atoms with van der Waals surface area (Å²) in [7, 11) is -3.88. The predicted molar refractivity (Wildman–Crippen MR) is 70.0 cm³/mol. The molecule has 104 valence electrons. The number of aromatic carboxylic acids is 1. The molecule has 0 radical (unpaired) electrons. The number of hydrogen-bond acceptors (Lipinski definition) is 3. The summed E-state index contributed by atoms with van der Waals surface area (Å²) >= 11 is 10.8. The first-order valence-electron chi connectivity index (χ1n) is 4.90. The van der Waals surface area contributed by atoms with Gasteiger partial charge < -0.3 is 5.11 Å². The lowest BCUT2D eigenvalue weighted by atomic mass is 10.2. The molecule has 0 aliphatic rings. The second-order valence-electron chi connectivity index (χ2n) is 3.79. The molecule has 1 aromatic carbocycles. The van der Waals surface area contributed by atoms with Crippen LogP contribution in [0, 0.1) is 5.82 Å².